The zero-order chi connectivity index (χ0) is 15.0. The molecule has 0 aliphatic rings. The van der Waals surface area contributed by atoms with Crippen molar-refractivity contribution in [1.82, 2.24) is 20.2 Å². The van der Waals surface area contributed by atoms with Gasteiger partial charge in [-0.2, -0.15) is 0 Å². The molecule has 0 aliphatic carbocycles. The number of nitrogen functional groups attached to an aromatic ring is 1. The van der Waals surface area contributed by atoms with Crippen LogP contribution in [0.5, 0.6) is 0 Å². The SMILES string of the molecule is Cc1nnc(SCc2nc(NN)c3c(C)c(C)sc3n2)s1. The number of thioether (sulfide) groups is 1. The largest absolute Gasteiger partial charge is 0.308 e. The lowest BCUT2D eigenvalue weighted by Gasteiger charge is -2.05. The van der Waals surface area contributed by atoms with E-state index in [-0.39, 0.29) is 0 Å². The van der Waals surface area contributed by atoms with E-state index < -0.39 is 0 Å². The van der Waals surface area contributed by atoms with Crippen LogP contribution in [0.1, 0.15) is 21.3 Å². The minimum absolute atomic E-state index is 0.648. The zero-order valence-corrected chi connectivity index (χ0v) is 14.2. The molecule has 6 nitrogen and oxygen atoms in total. The number of nitrogens with two attached hydrogens (primary N) is 1. The quantitative estimate of drug-likeness (QED) is 0.429. The van der Waals surface area contributed by atoms with Crippen molar-refractivity contribution in [3.8, 4) is 0 Å². The van der Waals surface area contributed by atoms with Crippen molar-refractivity contribution >= 4 is 50.5 Å². The lowest BCUT2D eigenvalue weighted by Crippen LogP contribution is -2.10. The van der Waals surface area contributed by atoms with Crippen molar-refractivity contribution in [2.75, 3.05) is 5.43 Å². The van der Waals surface area contributed by atoms with Crippen molar-refractivity contribution < 1.29 is 0 Å². The fourth-order valence-electron chi connectivity index (χ4n) is 1.93. The van der Waals surface area contributed by atoms with Crippen molar-refractivity contribution in [3.63, 3.8) is 0 Å². The summed E-state index contributed by atoms with van der Waals surface area (Å²) in [6.07, 6.45) is 0. The Morgan fingerprint density at radius 3 is 2.62 bits per heavy atom. The molecule has 110 valence electrons. The number of rotatable bonds is 4. The molecule has 3 rings (SSSR count). The van der Waals surface area contributed by atoms with Gasteiger partial charge in [-0.3, -0.25) is 0 Å². The van der Waals surface area contributed by atoms with Crippen LogP contribution in [0.4, 0.5) is 5.82 Å². The second-order valence-corrected chi connectivity index (χ2v) is 8.08. The lowest BCUT2D eigenvalue weighted by molar-refractivity contribution is 0.980. The first kappa shape index (κ1) is 14.6. The molecule has 0 spiro atoms. The van der Waals surface area contributed by atoms with E-state index in [9.17, 15) is 0 Å². The Morgan fingerprint density at radius 1 is 1.14 bits per heavy atom. The van der Waals surface area contributed by atoms with Crippen LogP contribution >= 0.6 is 34.4 Å². The summed E-state index contributed by atoms with van der Waals surface area (Å²) in [7, 11) is 0. The topological polar surface area (TPSA) is 89.6 Å². The highest BCUT2D eigenvalue weighted by Crippen LogP contribution is 2.34. The molecule has 3 aromatic rings. The fraction of sp³-hybridized carbons (Fsp3) is 0.333. The molecule has 0 amide bonds. The van der Waals surface area contributed by atoms with Gasteiger partial charge in [0.25, 0.3) is 0 Å². The first-order valence-electron chi connectivity index (χ1n) is 6.24. The third-order valence-electron chi connectivity index (χ3n) is 3.04. The normalized spacial score (nSPS) is 11.2. The van der Waals surface area contributed by atoms with Gasteiger partial charge in [-0.1, -0.05) is 23.1 Å². The second-order valence-electron chi connectivity index (χ2n) is 4.47. The monoisotopic (exact) mass is 338 g/mol. The standard InChI is InChI=1S/C12H14N6S3/c1-5-6(2)20-11-9(5)10(16-13)14-8(15-11)4-19-12-18-17-7(3)21-12/h4,13H2,1-3H3,(H,14,15,16). The second kappa shape index (κ2) is 5.84. The number of aromatic nitrogens is 4. The van der Waals surface area contributed by atoms with Gasteiger partial charge in [-0.15, -0.1) is 21.5 Å². The molecular formula is C12H14N6S3. The number of fused-ring (bicyclic) bond motifs is 1. The maximum absolute atomic E-state index is 5.61. The van der Waals surface area contributed by atoms with E-state index in [1.165, 1.54) is 10.4 Å². The van der Waals surface area contributed by atoms with Gasteiger partial charge < -0.3 is 5.43 Å². The molecule has 0 atom stereocenters. The molecule has 0 saturated heterocycles. The molecule has 3 N–H and O–H groups in total. The van der Waals surface area contributed by atoms with Gasteiger partial charge in [0.05, 0.1) is 11.1 Å². The Morgan fingerprint density at radius 2 is 1.95 bits per heavy atom. The van der Waals surface area contributed by atoms with Crippen LogP contribution < -0.4 is 11.3 Å². The number of hydrogen-bond acceptors (Lipinski definition) is 9. The van der Waals surface area contributed by atoms with Gasteiger partial charge >= 0.3 is 0 Å². The molecule has 0 radical (unpaired) electrons. The predicted octanol–water partition coefficient (Wildman–Crippen LogP) is 3.05. The fourth-order valence-corrected chi connectivity index (χ4v) is 4.64. The summed E-state index contributed by atoms with van der Waals surface area (Å²) >= 11 is 4.83. The Balaban J connectivity index is 1.92. The molecule has 0 unspecified atom stereocenters. The van der Waals surface area contributed by atoms with E-state index >= 15 is 0 Å². The van der Waals surface area contributed by atoms with E-state index in [4.69, 9.17) is 5.84 Å². The number of hydrazine groups is 1. The summed E-state index contributed by atoms with van der Waals surface area (Å²) < 4.78 is 0.928. The minimum Gasteiger partial charge on any atom is -0.308 e. The van der Waals surface area contributed by atoms with Crippen LogP contribution in [0.3, 0.4) is 0 Å². The number of thiophene rings is 1. The average molecular weight is 338 g/mol. The molecular weight excluding hydrogens is 324 g/mol. The van der Waals surface area contributed by atoms with Gasteiger partial charge in [0.1, 0.15) is 15.7 Å². The summed E-state index contributed by atoms with van der Waals surface area (Å²) in [4.78, 5) is 11.4. The number of aryl methyl sites for hydroxylation is 3. The third-order valence-corrected chi connectivity index (χ3v) is 6.11. The summed E-state index contributed by atoms with van der Waals surface area (Å²) in [5, 5.41) is 10.1. The zero-order valence-electron chi connectivity index (χ0n) is 11.8. The molecule has 3 aromatic heterocycles. The molecule has 0 aromatic carbocycles. The van der Waals surface area contributed by atoms with E-state index in [1.54, 1.807) is 34.4 Å². The first-order valence-corrected chi connectivity index (χ1v) is 8.86. The van der Waals surface area contributed by atoms with Crippen LogP contribution in [-0.2, 0) is 5.75 Å². The van der Waals surface area contributed by atoms with Gasteiger partial charge in [0.15, 0.2) is 10.2 Å². The highest BCUT2D eigenvalue weighted by atomic mass is 32.2. The van der Waals surface area contributed by atoms with Gasteiger partial charge in [0, 0.05) is 4.88 Å². The van der Waals surface area contributed by atoms with Crippen molar-refractivity contribution in [1.29, 1.82) is 0 Å². The number of hydrogen-bond donors (Lipinski definition) is 2. The molecule has 0 aliphatic heterocycles. The minimum atomic E-state index is 0.648. The van der Waals surface area contributed by atoms with Gasteiger partial charge in [-0.25, -0.2) is 15.8 Å². The molecule has 0 saturated carbocycles. The van der Waals surface area contributed by atoms with Gasteiger partial charge in [-0.05, 0) is 26.3 Å². The van der Waals surface area contributed by atoms with E-state index in [0.29, 0.717) is 11.6 Å². The Kier molecular flexibility index (Phi) is 4.07. The average Bonchev–Trinajstić information content (AvgIpc) is 3.00. The summed E-state index contributed by atoms with van der Waals surface area (Å²) in [6, 6.07) is 0. The van der Waals surface area contributed by atoms with E-state index in [1.807, 2.05) is 6.92 Å². The Bertz CT molecular complexity index is 794. The van der Waals surface area contributed by atoms with Gasteiger partial charge in [0.2, 0.25) is 0 Å². The van der Waals surface area contributed by atoms with Crippen LogP contribution in [0.15, 0.2) is 4.34 Å². The van der Waals surface area contributed by atoms with Crippen molar-refractivity contribution in [2.24, 2.45) is 5.84 Å². The van der Waals surface area contributed by atoms with Crippen molar-refractivity contribution in [2.45, 2.75) is 30.9 Å². The summed E-state index contributed by atoms with van der Waals surface area (Å²) in [6.45, 7) is 6.09. The van der Waals surface area contributed by atoms with E-state index in [2.05, 4.69) is 39.4 Å². The predicted molar refractivity (Wildman–Crippen MR) is 88.9 cm³/mol. The van der Waals surface area contributed by atoms with E-state index in [0.717, 1.165) is 25.4 Å². The summed E-state index contributed by atoms with van der Waals surface area (Å²) in [5.41, 5.74) is 3.87. The van der Waals surface area contributed by atoms with Crippen LogP contribution in [0.2, 0.25) is 0 Å². The number of nitrogens with one attached hydrogen (secondary N) is 1. The molecule has 0 fully saturated rings. The molecule has 9 heteroatoms. The maximum Gasteiger partial charge on any atom is 0.174 e. The first-order chi connectivity index (χ1) is 10.1. The number of nitrogens with zero attached hydrogens (tertiary/aromatic N) is 4. The Labute approximate surface area is 134 Å². The van der Waals surface area contributed by atoms with Crippen LogP contribution in [0.25, 0.3) is 10.2 Å². The molecule has 0 bridgehead atoms. The van der Waals surface area contributed by atoms with Crippen molar-refractivity contribution in [3.05, 3.63) is 21.3 Å². The number of anilines is 1. The highest BCUT2D eigenvalue weighted by Gasteiger charge is 2.14. The lowest BCUT2D eigenvalue weighted by atomic mass is 10.2. The van der Waals surface area contributed by atoms with Crippen LogP contribution in [-0.4, -0.2) is 20.2 Å². The third kappa shape index (κ3) is 2.86. The maximum atomic E-state index is 5.61. The van der Waals surface area contributed by atoms with Crippen LogP contribution in [0, 0.1) is 20.8 Å². The molecule has 3 heterocycles. The summed E-state index contributed by atoms with van der Waals surface area (Å²) in [5.74, 6) is 7.69. The highest BCUT2D eigenvalue weighted by molar-refractivity contribution is 8.00. The smallest absolute Gasteiger partial charge is 0.174 e. The molecule has 21 heavy (non-hydrogen) atoms. The Hall–Kier alpha value is -1.29.